The first-order chi connectivity index (χ1) is 9.84. The summed E-state index contributed by atoms with van der Waals surface area (Å²) in [6.45, 7) is 2.18. The standard InChI is InChI=1S/C19H23N/c1-15-9-5-7-13-18(15)20-19-14-8-6-12-17(19)16-10-3-2-4-11-16/h2-5,7,9-11,13,17,19-20H,6,8,12,14H2,1H3. The van der Waals surface area contributed by atoms with Crippen molar-refractivity contribution in [1.82, 2.24) is 0 Å². The third-order valence-corrected chi connectivity index (χ3v) is 4.48. The zero-order chi connectivity index (χ0) is 13.8. The Kier molecular flexibility index (Phi) is 4.05. The molecule has 1 N–H and O–H groups in total. The van der Waals surface area contributed by atoms with Crippen molar-refractivity contribution in [1.29, 1.82) is 0 Å². The summed E-state index contributed by atoms with van der Waals surface area (Å²) in [5.74, 6) is 0.643. The van der Waals surface area contributed by atoms with Gasteiger partial charge in [-0.25, -0.2) is 0 Å². The zero-order valence-electron chi connectivity index (χ0n) is 12.2. The molecule has 0 aliphatic heterocycles. The molecule has 104 valence electrons. The molecular weight excluding hydrogens is 242 g/mol. The van der Waals surface area contributed by atoms with Gasteiger partial charge < -0.3 is 5.32 Å². The molecule has 1 nitrogen and oxygen atoms in total. The highest BCUT2D eigenvalue weighted by molar-refractivity contribution is 5.51. The molecule has 0 bridgehead atoms. The number of aryl methyl sites for hydroxylation is 1. The lowest BCUT2D eigenvalue weighted by Gasteiger charge is -2.33. The van der Waals surface area contributed by atoms with Gasteiger partial charge in [-0.2, -0.15) is 0 Å². The molecule has 2 atom stereocenters. The van der Waals surface area contributed by atoms with Gasteiger partial charge >= 0.3 is 0 Å². The van der Waals surface area contributed by atoms with Gasteiger partial charge in [0.25, 0.3) is 0 Å². The van der Waals surface area contributed by atoms with Gasteiger partial charge in [0.2, 0.25) is 0 Å². The normalized spacial score (nSPS) is 22.4. The number of para-hydroxylation sites is 1. The molecule has 0 aromatic heterocycles. The number of nitrogens with one attached hydrogen (secondary N) is 1. The van der Waals surface area contributed by atoms with Crippen molar-refractivity contribution in [3.8, 4) is 0 Å². The fraction of sp³-hybridized carbons (Fsp3) is 0.368. The van der Waals surface area contributed by atoms with Crippen molar-refractivity contribution in [3.63, 3.8) is 0 Å². The monoisotopic (exact) mass is 265 g/mol. The molecule has 0 heterocycles. The second kappa shape index (κ2) is 6.13. The number of benzene rings is 2. The Morgan fingerprint density at radius 1 is 0.850 bits per heavy atom. The molecule has 0 saturated heterocycles. The van der Waals surface area contributed by atoms with Crippen LogP contribution in [-0.2, 0) is 0 Å². The number of rotatable bonds is 3. The summed E-state index contributed by atoms with van der Waals surface area (Å²) >= 11 is 0. The predicted octanol–water partition coefficient (Wildman–Crippen LogP) is 5.13. The van der Waals surface area contributed by atoms with Crippen LogP contribution in [0, 0.1) is 6.92 Å². The molecule has 3 rings (SSSR count). The highest BCUT2D eigenvalue weighted by Crippen LogP contribution is 2.35. The van der Waals surface area contributed by atoms with Crippen LogP contribution >= 0.6 is 0 Å². The molecule has 1 heteroatoms. The summed E-state index contributed by atoms with van der Waals surface area (Å²) in [5.41, 5.74) is 4.11. The fourth-order valence-corrected chi connectivity index (χ4v) is 3.34. The lowest BCUT2D eigenvalue weighted by atomic mass is 9.80. The first-order valence-electron chi connectivity index (χ1n) is 7.72. The van der Waals surface area contributed by atoms with Gasteiger partial charge in [0.1, 0.15) is 0 Å². The summed E-state index contributed by atoms with van der Waals surface area (Å²) in [5, 5.41) is 3.80. The number of anilines is 1. The summed E-state index contributed by atoms with van der Waals surface area (Å²) in [6, 6.07) is 20.2. The number of hydrogen-bond donors (Lipinski definition) is 1. The maximum Gasteiger partial charge on any atom is 0.0372 e. The van der Waals surface area contributed by atoms with Crippen LogP contribution in [0.3, 0.4) is 0 Å². The van der Waals surface area contributed by atoms with E-state index in [9.17, 15) is 0 Å². The van der Waals surface area contributed by atoms with E-state index in [0.717, 1.165) is 0 Å². The van der Waals surface area contributed by atoms with Gasteiger partial charge in [0.05, 0.1) is 0 Å². The van der Waals surface area contributed by atoms with E-state index in [4.69, 9.17) is 0 Å². The average Bonchev–Trinajstić information content (AvgIpc) is 2.51. The lowest BCUT2D eigenvalue weighted by Crippen LogP contribution is -2.30. The van der Waals surface area contributed by atoms with Gasteiger partial charge in [-0.15, -0.1) is 0 Å². The third-order valence-electron chi connectivity index (χ3n) is 4.48. The molecule has 1 fully saturated rings. The van der Waals surface area contributed by atoms with Crippen LogP contribution in [0.15, 0.2) is 54.6 Å². The second-order valence-corrected chi connectivity index (χ2v) is 5.87. The van der Waals surface area contributed by atoms with Gasteiger partial charge in [-0.05, 0) is 37.0 Å². The van der Waals surface area contributed by atoms with E-state index in [2.05, 4.69) is 66.8 Å². The van der Waals surface area contributed by atoms with Crippen LogP contribution in [0.4, 0.5) is 5.69 Å². The van der Waals surface area contributed by atoms with Gasteiger partial charge in [0, 0.05) is 17.6 Å². The van der Waals surface area contributed by atoms with E-state index in [0.29, 0.717) is 12.0 Å². The number of hydrogen-bond acceptors (Lipinski definition) is 1. The smallest absolute Gasteiger partial charge is 0.0372 e. The second-order valence-electron chi connectivity index (χ2n) is 5.87. The van der Waals surface area contributed by atoms with Crippen molar-refractivity contribution < 1.29 is 0 Å². The van der Waals surface area contributed by atoms with E-state index in [1.807, 2.05) is 0 Å². The maximum absolute atomic E-state index is 3.80. The SMILES string of the molecule is Cc1ccccc1NC1CCCCC1c1ccccc1. The minimum Gasteiger partial charge on any atom is -0.381 e. The molecule has 20 heavy (non-hydrogen) atoms. The first kappa shape index (κ1) is 13.2. The largest absolute Gasteiger partial charge is 0.381 e. The minimum absolute atomic E-state index is 0.562. The van der Waals surface area contributed by atoms with E-state index in [-0.39, 0.29) is 0 Å². The van der Waals surface area contributed by atoms with Crippen molar-refractivity contribution in [2.75, 3.05) is 5.32 Å². The quantitative estimate of drug-likeness (QED) is 0.811. The molecule has 0 spiro atoms. The highest BCUT2D eigenvalue weighted by Gasteiger charge is 2.26. The van der Waals surface area contributed by atoms with E-state index < -0.39 is 0 Å². The zero-order valence-corrected chi connectivity index (χ0v) is 12.2. The summed E-state index contributed by atoms with van der Waals surface area (Å²) in [6.07, 6.45) is 5.26. The predicted molar refractivity (Wildman–Crippen MR) is 86.2 cm³/mol. The molecule has 1 aliphatic carbocycles. The van der Waals surface area contributed by atoms with Crippen LogP contribution in [0.5, 0.6) is 0 Å². The van der Waals surface area contributed by atoms with Crippen molar-refractivity contribution >= 4 is 5.69 Å². The maximum atomic E-state index is 3.80. The average molecular weight is 265 g/mol. The molecule has 2 unspecified atom stereocenters. The topological polar surface area (TPSA) is 12.0 Å². The summed E-state index contributed by atoms with van der Waals surface area (Å²) < 4.78 is 0. The molecule has 0 radical (unpaired) electrons. The van der Waals surface area contributed by atoms with Gasteiger partial charge in [-0.3, -0.25) is 0 Å². The molecule has 1 aliphatic rings. The Morgan fingerprint density at radius 3 is 2.35 bits per heavy atom. The van der Waals surface area contributed by atoms with E-state index >= 15 is 0 Å². The Morgan fingerprint density at radius 2 is 1.55 bits per heavy atom. The summed E-state index contributed by atoms with van der Waals surface area (Å²) in [7, 11) is 0. The van der Waals surface area contributed by atoms with Crippen molar-refractivity contribution in [2.45, 2.75) is 44.6 Å². The Balaban J connectivity index is 1.81. The Labute approximate surface area is 122 Å². The lowest BCUT2D eigenvalue weighted by molar-refractivity contribution is 0.405. The minimum atomic E-state index is 0.562. The van der Waals surface area contributed by atoms with Crippen LogP contribution in [-0.4, -0.2) is 6.04 Å². The van der Waals surface area contributed by atoms with E-state index in [1.165, 1.54) is 42.5 Å². The molecule has 1 saturated carbocycles. The summed E-state index contributed by atoms with van der Waals surface area (Å²) in [4.78, 5) is 0. The van der Waals surface area contributed by atoms with Crippen LogP contribution < -0.4 is 5.32 Å². The van der Waals surface area contributed by atoms with Crippen LogP contribution in [0.1, 0.15) is 42.7 Å². The van der Waals surface area contributed by atoms with Crippen molar-refractivity contribution in [2.24, 2.45) is 0 Å². The molecular formula is C19H23N. The Bertz CT molecular complexity index is 547. The van der Waals surface area contributed by atoms with Crippen LogP contribution in [0.2, 0.25) is 0 Å². The highest BCUT2D eigenvalue weighted by atomic mass is 14.9. The van der Waals surface area contributed by atoms with Gasteiger partial charge in [-0.1, -0.05) is 61.4 Å². The van der Waals surface area contributed by atoms with Gasteiger partial charge in [0.15, 0.2) is 0 Å². The third kappa shape index (κ3) is 2.87. The fourth-order valence-electron chi connectivity index (χ4n) is 3.34. The van der Waals surface area contributed by atoms with Crippen LogP contribution in [0.25, 0.3) is 0 Å². The molecule has 2 aromatic carbocycles. The molecule has 2 aromatic rings. The van der Waals surface area contributed by atoms with E-state index in [1.54, 1.807) is 0 Å². The Hall–Kier alpha value is -1.76. The molecule has 0 amide bonds. The van der Waals surface area contributed by atoms with Crippen molar-refractivity contribution in [3.05, 3.63) is 65.7 Å². The first-order valence-corrected chi connectivity index (χ1v) is 7.72.